The fourth-order valence-corrected chi connectivity index (χ4v) is 5.29. The lowest BCUT2D eigenvalue weighted by molar-refractivity contribution is -0.138. The van der Waals surface area contributed by atoms with Crippen molar-refractivity contribution in [3.63, 3.8) is 0 Å². The molecule has 0 fully saturated rings. The third kappa shape index (κ3) is 5.20. The van der Waals surface area contributed by atoms with Crippen molar-refractivity contribution in [2.45, 2.75) is 38.5 Å². The molecule has 1 heterocycles. The van der Waals surface area contributed by atoms with Crippen molar-refractivity contribution in [2.24, 2.45) is 0 Å². The van der Waals surface area contributed by atoms with E-state index in [2.05, 4.69) is 24.4 Å². The second-order valence-corrected chi connectivity index (χ2v) is 10.1. The molecule has 2 aromatic rings. The van der Waals surface area contributed by atoms with Crippen LogP contribution in [0.2, 0.25) is 5.02 Å². The number of halogens is 1. The number of thioether (sulfide) groups is 1. The Hall–Kier alpha value is -2.50. The van der Waals surface area contributed by atoms with Gasteiger partial charge in [-0.15, -0.1) is 0 Å². The first-order valence-corrected chi connectivity index (χ1v) is 12.8. The van der Waals surface area contributed by atoms with Crippen LogP contribution in [0.5, 0.6) is 0 Å². The first kappa shape index (κ1) is 23.7. The SMILES string of the molecule is CCSCCOC(=O)C1=C(C)NC2=C(C(=O)C[C@H](c3ccccc3)C2)[C@@H]1c1ccc(Cl)cc1. The Morgan fingerprint density at radius 2 is 1.82 bits per heavy atom. The molecular formula is C27H28ClNO3S. The summed E-state index contributed by atoms with van der Waals surface area (Å²) in [4.78, 5) is 26.7. The molecule has 0 saturated heterocycles. The maximum atomic E-state index is 13.5. The van der Waals surface area contributed by atoms with Gasteiger partial charge in [0.1, 0.15) is 6.61 Å². The molecule has 0 spiro atoms. The maximum Gasteiger partial charge on any atom is 0.336 e. The lowest BCUT2D eigenvalue weighted by Gasteiger charge is -2.36. The number of allylic oxidation sites excluding steroid dienone is 3. The minimum absolute atomic E-state index is 0.0666. The Bertz CT molecular complexity index is 1090. The number of carbonyl (C=O) groups is 2. The van der Waals surface area contributed by atoms with Gasteiger partial charge in [-0.2, -0.15) is 11.8 Å². The third-order valence-corrected chi connectivity index (χ3v) is 7.30. The summed E-state index contributed by atoms with van der Waals surface area (Å²) in [5, 5.41) is 4.01. The number of rotatable bonds is 7. The first-order valence-electron chi connectivity index (χ1n) is 11.3. The number of carbonyl (C=O) groups excluding carboxylic acids is 2. The number of benzene rings is 2. The molecule has 0 aromatic heterocycles. The van der Waals surface area contributed by atoms with Crippen LogP contribution in [0.4, 0.5) is 0 Å². The molecule has 1 aliphatic carbocycles. The Labute approximate surface area is 204 Å². The average molecular weight is 482 g/mol. The predicted molar refractivity (Wildman–Crippen MR) is 134 cm³/mol. The van der Waals surface area contributed by atoms with Crippen molar-refractivity contribution in [3.05, 3.63) is 93.3 Å². The summed E-state index contributed by atoms with van der Waals surface area (Å²) >= 11 is 7.86. The van der Waals surface area contributed by atoms with Gasteiger partial charge in [0, 0.05) is 40.1 Å². The Balaban J connectivity index is 1.70. The van der Waals surface area contributed by atoms with Crippen LogP contribution in [-0.2, 0) is 14.3 Å². The number of nitrogens with one attached hydrogen (secondary N) is 1. The van der Waals surface area contributed by atoms with Gasteiger partial charge in [0.15, 0.2) is 5.78 Å². The third-order valence-electron chi connectivity index (χ3n) is 6.19. The van der Waals surface area contributed by atoms with Crippen LogP contribution in [0.3, 0.4) is 0 Å². The van der Waals surface area contributed by atoms with E-state index in [1.54, 1.807) is 23.9 Å². The quantitative estimate of drug-likeness (QED) is 0.388. The summed E-state index contributed by atoms with van der Waals surface area (Å²) in [5.74, 6) is 1.07. The normalized spacial score (nSPS) is 20.4. The molecule has 0 saturated carbocycles. The highest BCUT2D eigenvalue weighted by Gasteiger charge is 2.41. The first-order chi connectivity index (χ1) is 16.0. The monoisotopic (exact) mass is 481 g/mol. The molecule has 6 heteroatoms. The molecule has 172 valence electrons. The number of dihydropyridines is 1. The van der Waals surface area contributed by atoms with Crippen LogP contribution in [0.15, 0.2) is 77.1 Å². The number of hydrogen-bond donors (Lipinski definition) is 1. The molecule has 0 radical (unpaired) electrons. The molecular weight excluding hydrogens is 454 g/mol. The van der Waals surface area contributed by atoms with E-state index in [0.29, 0.717) is 29.2 Å². The number of ketones is 1. The van der Waals surface area contributed by atoms with Crippen LogP contribution in [0, 0.1) is 0 Å². The Kier molecular flexibility index (Phi) is 7.61. The van der Waals surface area contributed by atoms with Crippen LogP contribution < -0.4 is 5.32 Å². The zero-order chi connectivity index (χ0) is 23.4. The highest BCUT2D eigenvalue weighted by molar-refractivity contribution is 7.99. The van der Waals surface area contributed by atoms with Crippen molar-refractivity contribution >= 4 is 35.1 Å². The van der Waals surface area contributed by atoms with Crippen molar-refractivity contribution in [3.8, 4) is 0 Å². The summed E-state index contributed by atoms with van der Waals surface area (Å²) < 4.78 is 5.62. The smallest absolute Gasteiger partial charge is 0.336 e. The van der Waals surface area contributed by atoms with E-state index in [0.717, 1.165) is 40.4 Å². The highest BCUT2D eigenvalue weighted by atomic mass is 35.5. The van der Waals surface area contributed by atoms with Crippen LogP contribution >= 0.6 is 23.4 Å². The lowest BCUT2D eigenvalue weighted by atomic mass is 9.72. The van der Waals surface area contributed by atoms with Crippen molar-refractivity contribution in [2.75, 3.05) is 18.1 Å². The largest absolute Gasteiger partial charge is 0.461 e. The molecule has 33 heavy (non-hydrogen) atoms. The molecule has 2 atom stereocenters. The van der Waals surface area contributed by atoms with Crippen LogP contribution in [0.25, 0.3) is 0 Å². The average Bonchev–Trinajstić information content (AvgIpc) is 2.82. The zero-order valence-corrected chi connectivity index (χ0v) is 20.5. The fourth-order valence-electron chi connectivity index (χ4n) is 4.67. The molecule has 4 rings (SSSR count). The molecule has 0 amide bonds. The van der Waals surface area contributed by atoms with Gasteiger partial charge < -0.3 is 10.1 Å². The number of Topliss-reactive ketones (excluding diaryl/α,β-unsaturated/α-hetero) is 1. The lowest BCUT2D eigenvalue weighted by Crippen LogP contribution is -2.36. The van der Waals surface area contributed by atoms with Gasteiger partial charge in [-0.1, -0.05) is 61.0 Å². The fraction of sp³-hybridized carbons (Fsp3) is 0.333. The Morgan fingerprint density at radius 1 is 1.09 bits per heavy atom. The minimum atomic E-state index is -0.464. The van der Waals surface area contributed by atoms with E-state index in [4.69, 9.17) is 16.3 Å². The topological polar surface area (TPSA) is 55.4 Å². The molecule has 2 aliphatic rings. The van der Waals surface area contributed by atoms with Crippen LogP contribution in [0.1, 0.15) is 49.7 Å². The number of hydrogen-bond acceptors (Lipinski definition) is 5. The predicted octanol–water partition coefficient (Wildman–Crippen LogP) is 6.00. The van der Waals surface area contributed by atoms with Gasteiger partial charge in [0.05, 0.1) is 5.57 Å². The van der Waals surface area contributed by atoms with Crippen molar-refractivity contribution in [1.29, 1.82) is 0 Å². The van der Waals surface area contributed by atoms with Crippen molar-refractivity contribution < 1.29 is 14.3 Å². The van der Waals surface area contributed by atoms with E-state index < -0.39 is 5.92 Å². The summed E-state index contributed by atoms with van der Waals surface area (Å²) in [5.41, 5.74) is 4.84. The van der Waals surface area contributed by atoms with E-state index in [1.165, 1.54) is 0 Å². The van der Waals surface area contributed by atoms with Crippen LogP contribution in [-0.4, -0.2) is 29.9 Å². The number of esters is 1. The summed E-state index contributed by atoms with van der Waals surface area (Å²) in [6, 6.07) is 17.5. The molecule has 0 unspecified atom stereocenters. The van der Waals surface area contributed by atoms with Gasteiger partial charge in [-0.25, -0.2) is 4.79 Å². The van der Waals surface area contributed by atoms with Gasteiger partial charge in [0.25, 0.3) is 0 Å². The second-order valence-electron chi connectivity index (χ2n) is 8.31. The Morgan fingerprint density at radius 3 is 2.52 bits per heavy atom. The van der Waals surface area contributed by atoms with E-state index >= 15 is 0 Å². The molecule has 1 N–H and O–H groups in total. The summed E-state index contributed by atoms with van der Waals surface area (Å²) in [7, 11) is 0. The molecule has 1 aliphatic heterocycles. The van der Waals surface area contributed by atoms with Gasteiger partial charge in [-0.05, 0) is 48.3 Å². The standard InChI is InChI=1S/C27H28ClNO3S/c1-3-33-14-13-32-27(31)24-17(2)29-22-15-20(18-7-5-4-6-8-18)16-23(30)26(22)25(24)19-9-11-21(28)12-10-19/h4-12,20,25,29H,3,13-16H2,1-2H3/t20-,25-/m1/s1. The van der Waals surface area contributed by atoms with E-state index in [9.17, 15) is 9.59 Å². The molecule has 4 nitrogen and oxygen atoms in total. The molecule has 2 aromatic carbocycles. The number of ether oxygens (including phenoxy) is 1. The zero-order valence-electron chi connectivity index (χ0n) is 18.9. The minimum Gasteiger partial charge on any atom is -0.461 e. The van der Waals surface area contributed by atoms with Crippen molar-refractivity contribution in [1.82, 2.24) is 5.32 Å². The molecule has 0 bridgehead atoms. The van der Waals surface area contributed by atoms with Gasteiger partial charge >= 0.3 is 5.97 Å². The van der Waals surface area contributed by atoms with Gasteiger partial charge in [-0.3, -0.25) is 4.79 Å². The second kappa shape index (κ2) is 10.6. The highest BCUT2D eigenvalue weighted by Crippen LogP contribution is 2.45. The van der Waals surface area contributed by atoms with E-state index in [1.807, 2.05) is 37.3 Å². The summed E-state index contributed by atoms with van der Waals surface area (Å²) in [6.07, 6.45) is 1.14. The van der Waals surface area contributed by atoms with Gasteiger partial charge in [0.2, 0.25) is 0 Å². The van der Waals surface area contributed by atoms with E-state index in [-0.39, 0.29) is 17.7 Å². The maximum absolute atomic E-state index is 13.5. The summed E-state index contributed by atoms with van der Waals surface area (Å²) in [6.45, 7) is 4.31.